The van der Waals surface area contributed by atoms with Gasteiger partial charge in [-0.15, -0.1) is 0 Å². The number of fused-ring (bicyclic) bond motifs is 2. The van der Waals surface area contributed by atoms with Gasteiger partial charge in [-0.2, -0.15) is 0 Å². The van der Waals surface area contributed by atoms with Gasteiger partial charge in [0.15, 0.2) is 0 Å². The van der Waals surface area contributed by atoms with Crippen molar-refractivity contribution in [3.63, 3.8) is 0 Å². The molecule has 7 rings (SSSR count). The van der Waals surface area contributed by atoms with Crippen molar-refractivity contribution < 1.29 is 17.9 Å². The highest BCUT2D eigenvalue weighted by molar-refractivity contribution is 7.92. The summed E-state index contributed by atoms with van der Waals surface area (Å²) >= 11 is 0. The lowest BCUT2D eigenvalue weighted by atomic mass is 10.1. The zero-order chi connectivity index (χ0) is 31.1. The molecule has 0 unspecified atom stereocenters. The summed E-state index contributed by atoms with van der Waals surface area (Å²) < 4.78 is 46.1. The number of nitrogens with one attached hydrogen (secondary N) is 1. The van der Waals surface area contributed by atoms with Crippen LogP contribution >= 0.6 is 0 Å². The normalized spacial score (nSPS) is 14.2. The van der Waals surface area contributed by atoms with Crippen LogP contribution in [0.1, 0.15) is 37.3 Å². The van der Waals surface area contributed by atoms with E-state index >= 15 is 0 Å². The van der Waals surface area contributed by atoms with Crippen molar-refractivity contribution in [2.45, 2.75) is 36.6 Å². The molecule has 0 bridgehead atoms. The Hall–Kier alpha value is -5.29. The molecule has 9 nitrogen and oxygen atoms in total. The van der Waals surface area contributed by atoms with E-state index < -0.39 is 27.3 Å². The van der Waals surface area contributed by atoms with E-state index in [0.717, 1.165) is 47.4 Å². The molecule has 1 aliphatic carbocycles. The molecular weight excluding hydrogens is 593 g/mol. The number of hydrogen-bond acceptors (Lipinski definition) is 6. The van der Waals surface area contributed by atoms with Crippen LogP contribution in [0.4, 0.5) is 16.0 Å². The predicted octanol–water partition coefficient (Wildman–Crippen LogP) is 6.85. The number of aromatic nitrogens is 3. The number of aromatic hydroxyl groups is 1. The van der Waals surface area contributed by atoms with E-state index in [1.165, 1.54) is 48.7 Å². The summed E-state index contributed by atoms with van der Waals surface area (Å²) in [5.41, 5.74) is 1.42. The minimum atomic E-state index is -4.24. The summed E-state index contributed by atoms with van der Waals surface area (Å²) in [4.78, 5) is 23.1. The average Bonchev–Trinajstić information content (AvgIpc) is 3.70. The quantitative estimate of drug-likeness (QED) is 0.189. The number of pyridine rings is 1. The van der Waals surface area contributed by atoms with Crippen molar-refractivity contribution in [2.24, 2.45) is 4.99 Å². The maximum Gasteiger partial charge on any atom is 0.265 e. The van der Waals surface area contributed by atoms with Gasteiger partial charge in [0.2, 0.25) is 11.8 Å². The van der Waals surface area contributed by atoms with Gasteiger partial charge in [0.05, 0.1) is 32.9 Å². The van der Waals surface area contributed by atoms with E-state index in [2.05, 4.69) is 9.29 Å². The molecular formula is C34H28FN5O4S. The van der Waals surface area contributed by atoms with E-state index in [-0.39, 0.29) is 27.9 Å². The molecule has 0 spiro atoms. The largest absolute Gasteiger partial charge is 0.494 e. The van der Waals surface area contributed by atoms with Crippen LogP contribution in [0.25, 0.3) is 27.5 Å². The van der Waals surface area contributed by atoms with Crippen molar-refractivity contribution in [1.82, 2.24) is 14.1 Å². The van der Waals surface area contributed by atoms with Crippen LogP contribution in [-0.2, 0) is 10.0 Å². The molecule has 0 amide bonds. The van der Waals surface area contributed by atoms with Crippen LogP contribution in [0, 0.1) is 5.82 Å². The maximum atomic E-state index is 14.2. The molecule has 1 saturated carbocycles. The number of nitrogens with zero attached hydrogens (tertiary/aromatic N) is 4. The number of imidazole rings is 1. The van der Waals surface area contributed by atoms with Crippen molar-refractivity contribution in [2.75, 3.05) is 4.72 Å². The molecule has 2 aromatic heterocycles. The van der Waals surface area contributed by atoms with Crippen molar-refractivity contribution >= 4 is 49.7 Å². The third-order valence-electron chi connectivity index (χ3n) is 8.18. The van der Waals surface area contributed by atoms with E-state index in [1.54, 1.807) is 24.3 Å². The molecule has 2 heterocycles. The van der Waals surface area contributed by atoms with Gasteiger partial charge in [0, 0.05) is 23.0 Å². The number of anilines is 1. The number of aliphatic imine (C=N–C) groups is 1. The van der Waals surface area contributed by atoms with Gasteiger partial charge in [0.1, 0.15) is 5.82 Å². The van der Waals surface area contributed by atoms with Gasteiger partial charge >= 0.3 is 0 Å². The predicted molar refractivity (Wildman–Crippen MR) is 173 cm³/mol. The highest BCUT2D eigenvalue weighted by atomic mass is 32.2. The number of sulfonamides is 1. The Morgan fingerprint density at radius 2 is 1.62 bits per heavy atom. The van der Waals surface area contributed by atoms with Gasteiger partial charge in [-0.05, 0) is 61.4 Å². The number of rotatable bonds is 7. The van der Waals surface area contributed by atoms with Crippen LogP contribution in [0.15, 0.2) is 112 Å². The van der Waals surface area contributed by atoms with Crippen molar-refractivity contribution in [3.8, 4) is 11.6 Å². The zero-order valence-electron chi connectivity index (χ0n) is 24.0. The SMILES string of the molecule is O=c1c2ccccc2c(/C=N/c2nc3ccccc3n2C2CCCC2)c(O)n1-c1cccc(S(=O)(=O)Nc2ccccc2F)c1. The topological polar surface area (TPSA) is 119 Å². The highest BCUT2D eigenvalue weighted by Gasteiger charge is 2.24. The van der Waals surface area contributed by atoms with Gasteiger partial charge in [-0.1, -0.05) is 61.4 Å². The van der Waals surface area contributed by atoms with Crippen molar-refractivity contribution in [3.05, 3.63) is 119 Å². The van der Waals surface area contributed by atoms with E-state index in [1.807, 2.05) is 24.3 Å². The van der Waals surface area contributed by atoms with E-state index in [9.17, 15) is 22.7 Å². The average molecular weight is 622 g/mol. The number of halogens is 1. The standard InChI is InChI=1S/C34H28FN5O4S/c35-28-16-5-6-17-29(28)38-45(43,44)24-13-9-12-23(20-24)40-32(41)26-15-4-3-14-25(26)27(33(40)42)21-36-34-37-30-18-7-8-19-31(30)39(34)22-10-1-2-11-22/h3-9,12-22,38,42H,1-2,10-11H2/b36-21+. The van der Waals surface area contributed by atoms with Crippen molar-refractivity contribution in [1.29, 1.82) is 0 Å². The van der Waals surface area contributed by atoms with Crippen LogP contribution < -0.4 is 10.3 Å². The molecule has 0 saturated heterocycles. The van der Waals surface area contributed by atoms with Crippen LogP contribution in [0.3, 0.4) is 0 Å². The molecule has 0 radical (unpaired) electrons. The summed E-state index contributed by atoms with van der Waals surface area (Å²) in [6.45, 7) is 0. The van der Waals surface area contributed by atoms with Crippen LogP contribution in [0.2, 0.25) is 0 Å². The van der Waals surface area contributed by atoms with E-state index in [0.29, 0.717) is 16.7 Å². The fourth-order valence-electron chi connectivity index (χ4n) is 6.03. The lowest BCUT2D eigenvalue weighted by molar-refractivity contribution is 0.436. The molecule has 11 heteroatoms. The Bertz CT molecular complexity index is 2290. The lowest BCUT2D eigenvalue weighted by Gasteiger charge is -2.16. The monoisotopic (exact) mass is 621 g/mol. The Kier molecular flexibility index (Phi) is 7.17. The molecule has 4 aromatic carbocycles. The fraction of sp³-hybridized carbons (Fsp3) is 0.147. The summed E-state index contributed by atoms with van der Waals surface area (Å²) in [5, 5.41) is 12.4. The second-order valence-corrected chi connectivity index (χ2v) is 12.7. The highest BCUT2D eigenvalue weighted by Crippen LogP contribution is 2.36. The van der Waals surface area contributed by atoms with Gasteiger partial charge in [-0.3, -0.25) is 9.52 Å². The molecule has 226 valence electrons. The van der Waals surface area contributed by atoms with Crippen LogP contribution in [-0.4, -0.2) is 33.9 Å². The Morgan fingerprint density at radius 1 is 0.911 bits per heavy atom. The first kappa shape index (κ1) is 28.5. The summed E-state index contributed by atoms with van der Waals surface area (Å²) in [7, 11) is -4.24. The first-order valence-electron chi connectivity index (χ1n) is 14.6. The second kappa shape index (κ2) is 11.3. The molecule has 1 fully saturated rings. The van der Waals surface area contributed by atoms with Gasteiger partial charge in [0.25, 0.3) is 15.6 Å². The summed E-state index contributed by atoms with van der Waals surface area (Å²) in [6.07, 6.45) is 5.79. The number of hydrogen-bond donors (Lipinski definition) is 2. The smallest absolute Gasteiger partial charge is 0.265 e. The van der Waals surface area contributed by atoms with Crippen LogP contribution in [0.5, 0.6) is 5.88 Å². The molecule has 1 aliphatic rings. The molecule has 0 aliphatic heterocycles. The Morgan fingerprint density at radius 3 is 2.42 bits per heavy atom. The third kappa shape index (κ3) is 5.14. The minimum Gasteiger partial charge on any atom is -0.494 e. The number of benzene rings is 4. The molecule has 0 atom stereocenters. The maximum absolute atomic E-state index is 14.2. The second-order valence-electron chi connectivity index (χ2n) is 11.0. The lowest BCUT2D eigenvalue weighted by Crippen LogP contribution is -2.21. The molecule has 6 aromatic rings. The minimum absolute atomic E-state index is 0.104. The first-order chi connectivity index (χ1) is 21.8. The van der Waals surface area contributed by atoms with Gasteiger partial charge in [-0.25, -0.2) is 27.4 Å². The molecule has 45 heavy (non-hydrogen) atoms. The fourth-order valence-corrected chi connectivity index (χ4v) is 7.14. The summed E-state index contributed by atoms with van der Waals surface area (Å²) in [6, 6.07) is 25.9. The Balaban J connectivity index is 1.36. The Labute approximate surface area is 258 Å². The van der Waals surface area contributed by atoms with Gasteiger partial charge < -0.3 is 9.67 Å². The van der Waals surface area contributed by atoms with E-state index in [4.69, 9.17) is 9.98 Å². The summed E-state index contributed by atoms with van der Waals surface area (Å²) in [5.74, 6) is -0.648. The first-order valence-corrected chi connectivity index (χ1v) is 16.1. The zero-order valence-corrected chi connectivity index (χ0v) is 24.8. The number of para-hydroxylation sites is 3. The molecule has 2 N–H and O–H groups in total. The third-order valence-corrected chi connectivity index (χ3v) is 9.55.